The summed E-state index contributed by atoms with van der Waals surface area (Å²) in [7, 11) is -4.08. The Morgan fingerprint density at radius 2 is 1.50 bits per heavy atom. The zero-order valence-electron chi connectivity index (χ0n) is 22.6. The predicted molar refractivity (Wildman–Crippen MR) is 151 cm³/mol. The fraction of sp³-hybridized carbons (Fsp3) is 0.333. The predicted octanol–water partition coefficient (Wildman–Crippen LogP) is 4.83. The molecule has 0 aromatic heterocycles. The molecule has 3 rings (SSSR count). The number of rotatable bonds is 12. The van der Waals surface area contributed by atoms with E-state index in [1.807, 2.05) is 64.1 Å². The first-order valence-electron chi connectivity index (χ1n) is 13.0. The first-order chi connectivity index (χ1) is 18.2. The van der Waals surface area contributed by atoms with E-state index >= 15 is 0 Å². The van der Waals surface area contributed by atoms with Crippen LogP contribution in [0.2, 0.25) is 0 Å². The molecule has 1 unspecified atom stereocenters. The summed E-state index contributed by atoms with van der Waals surface area (Å²) >= 11 is 0. The summed E-state index contributed by atoms with van der Waals surface area (Å²) in [6.45, 7) is 7.81. The lowest BCUT2D eigenvalue weighted by Gasteiger charge is -2.33. The third-order valence-corrected chi connectivity index (χ3v) is 8.36. The first kappa shape index (κ1) is 28.9. The van der Waals surface area contributed by atoms with Gasteiger partial charge in [0, 0.05) is 13.1 Å². The van der Waals surface area contributed by atoms with E-state index in [4.69, 9.17) is 0 Å². The number of amides is 2. The zero-order chi connectivity index (χ0) is 27.7. The van der Waals surface area contributed by atoms with Crippen molar-refractivity contribution in [2.75, 3.05) is 17.4 Å². The molecule has 1 atom stereocenters. The maximum atomic E-state index is 14.0. The van der Waals surface area contributed by atoms with E-state index in [1.54, 1.807) is 30.3 Å². The van der Waals surface area contributed by atoms with Gasteiger partial charge in [0.15, 0.2) is 0 Å². The molecule has 0 heterocycles. The fourth-order valence-electron chi connectivity index (χ4n) is 4.30. The molecule has 0 radical (unpaired) electrons. The molecule has 0 aliphatic rings. The average Bonchev–Trinajstić information content (AvgIpc) is 2.93. The molecule has 38 heavy (non-hydrogen) atoms. The monoisotopic (exact) mass is 535 g/mol. The van der Waals surface area contributed by atoms with Crippen molar-refractivity contribution < 1.29 is 18.0 Å². The quantitative estimate of drug-likeness (QED) is 0.360. The molecule has 8 heteroatoms. The Morgan fingerprint density at radius 1 is 0.868 bits per heavy atom. The molecule has 0 aliphatic heterocycles. The van der Waals surface area contributed by atoms with Crippen LogP contribution in [0.1, 0.15) is 43.4 Å². The highest BCUT2D eigenvalue weighted by molar-refractivity contribution is 7.92. The summed E-state index contributed by atoms with van der Waals surface area (Å²) in [5.41, 5.74) is 2.97. The Kier molecular flexibility index (Phi) is 10.1. The van der Waals surface area contributed by atoms with Gasteiger partial charge >= 0.3 is 0 Å². The van der Waals surface area contributed by atoms with E-state index in [2.05, 4.69) is 5.32 Å². The summed E-state index contributed by atoms with van der Waals surface area (Å²) in [6, 6.07) is 22.2. The first-order valence-corrected chi connectivity index (χ1v) is 14.4. The van der Waals surface area contributed by atoms with Crippen molar-refractivity contribution in [3.63, 3.8) is 0 Å². The van der Waals surface area contributed by atoms with Gasteiger partial charge in [0.2, 0.25) is 11.8 Å². The summed E-state index contributed by atoms with van der Waals surface area (Å²) in [5.74, 6) is -0.699. The number of sulfonamides is 1. The highest BCUT2D eigenvalue weighted by Gasteiger charge is 2.34. The summed E-state index contributed by atoms with van der Waals surface area (Å²) < 4.78 is 29.0. The number of carbonyl (C=O) groups is 2. The maximum Gasteiger partial charge on any atom is 0.264 e. The molecule has 0 saturated heterocycles. The highest BCUT2D eigenvalue weighted by atomic mass is 32.2. The largest absolute Gasteiger partial charge is 0.354 e. The van der Waals surface area contributed by atoms with Crippen LogP contribution in [0.4, 0.5) is 5.69 Å². The van der Waals surface area contributed by atoms with E-state index in [0.29, 0.717) is 18.7 Å². The summed E-state index contributed by atoms with van der Waals surface area (Å²) in [4.78, 5) is 28.7. The van der Waals surface area contributed by atoms with Gasteiger partial charge in [-0.25, -0.2) is 8.42 Å². The van der Waals surface area contributed by atoms with Gasteiger partial charge in [0.05, 0.1) is 10.6 Å². The van der Waals surface area contributed by atoms with Crippen molar-refractivity contribution in [1.29, 1.82) is 0 Å². The molecule has 0 bridgehead atoms. The number of benzene rings is 3. The van der Waals surface area contributed by atoms with Crippen molar-refractivity contribution in [3.8, 4) is 0 Å². The summed E-state index contributed by atoms with van der Waals surface area (Å²) in [5, 5.41) is 2.90. The molecule has 3 aromatic carbocycles. The van der Waals surface area contributed by atoms with E-state index in [-0.39, 0.29) is 17.3 Å². The molecule has 0 spiro atoms. The molecule has 0 saturated carbocycles. The SMILES string of the molecule is CCCNC(=O)C(CC)N(Cc1ccccc1)C(=O)CN(c1cccc(C)c1C)S(=O)(=O)c1ccccc1. The number of nitrogens with one attached hydrogen (secondary N) is 1. The van der Waals surface area contributed by atoms with E-state index in [9.17, 15) is 18.0 Å². The highest BCUT2D eigenvalue weighted by Crippen LogP contribution is 2.29. The number of hydrogen-bond acceptors (Lipinski definition) is 4. The molecule has 202 valence electrons. The molecule has 2 amide bonds. The van der Waals surface area contributed by atoms with Crippen LogP contribution in [0.15, 0.2) is 83.8 Å². The number of carbonyl (C=O) groups excluding carboxylic acids is 2. The molecular formula is C30H37N3O4S. The molecule has 7 nitrogen and oxygen atoms in total. The van der Waals surface area contributed by atoms with Crippen LogP contribution >= 0.6 is 0 Å². The maximum absolute atomic E-state index is 14.0. The zero-order valence-corrected chi connectivity index (χ0v) is 23.4. The average molecular weight is 536 g/mol. The van der Waals surface area contributed by atoms with E-state index < -0.39 is 28.5 Å². The summed E-state index contributed by atoms with van der Waals surface area (Å²) in [6.07, 6.45) is 1.16. The second-order valence-electron chi connectivity index (χ2n) is 9.27. The molecule has 0 fully saturated rings. The van der Waals surface area contributed by atoms with Gasteiger partial charge in [0.1, 0.15) is 12.6 Å². The Morgan fingerprint density at radius 3 is 2.11 bits per heavy atom. The normalized spacial score (nSPS) is 12.0. The number of aryl methyl sites for hydroxylation is 1. The van der Waals surface area contributed by atoms with Crippen LogP contribution in [0, 0.1) is 13.8 Å². The minimum Gasteiger partial charge on any atom is -0.354 e. The van der Waals surface area contributed by atoms with E-state index in [0.717, 1.165) is 23.1 Å². The molecule has 3 aromatic rings. The Balaban J connectivity index is 2.07. The lowest BCUT2D eigenvalue weighted by Crippen LogP contribution is -2.52. The smallest absolute Gasteiger partial charge is 0.264 e. The van der Waals surface area contributed by atoms with Crippen LogP contribution < -0.4 is 9.62 Å². The molecule has 1 N–H and O–H groups in total. The van der Waals surface area contributed by atoms with Crippen LogP contribution in [-0.2, 0) is 26.2 Å². The minimum atomic E-state index is -4.08. The van der Waals surface area contributed by atoms with Crippen molar-refractivity contribution in [3.05, 3.63) is 95.6 Å². The Bertz CT molecular complexity index is 1330. The van der Waals surface area contributed by atoms with Crippen LogP contribution in [-0.4, -0.2) is 44.3 Å². The van der Waals surface area contributed by atoms with Crippen molar-refractivity contribution in [1.82, 2.24) is 10.2 Å². The number of anilines is 1. The van der Waals surface area contributed by atoms with Crippen LogP contribution in [0.3, 0.4) is 0 Å². The van der Waals surface area contributed by atoms with Gasteiger partial charge in [-0.3, -0.25) is 13.9 Å². The Labute approximate surface area is 226 Å². The van der Waals surface area contributed by atoms with Crippen molar-refractivity contribution >= 4 is 27.5 Å². The van der Waals surface area contributed by atoms with Gasteiger partial charge in [-0.05, 0) is 61.6 Å². The van der Waals surface area contributed by atoms with Gasteiger partial charge in [0.25, 0.3) is 10.0 Å². The van der Waals surface area contributed by atoms with Gasteiger partial charge in [-0.15, -0.1) is 0 Å². The minimum absolute atomic E-state index is 0.0936. The van der Waals surface area contributed by atoms with Crippen molar-refractivity contribution in [2.24, 2.45) is 0 Å². The molecule has 0 aliphatic carbocycles. The van der Waals surface area contributed by atoms with Crippen LogP contribution in [0.5, 0.6) is 0 Å². The molecular weight excluding hydrogens is 498 g/mol. The second-order valence-corrected chi connectivity index (χ2v) is 11.1. The third kappa shape index (κ3) is 6.81. The van der Waals surface area contributed by atoms with E-state index in [1.165, 1.54) is 21.3 Å². The van der Waals surface area contributed by atoms with Gasteiger partial charge in [-0.2, -0.15) is 0 Å². The third-order valence-electron chi connectivity index (χ3n) is 6.59. The lowest BCUT2D eigenvalue weighted by atomic mass is 10.1. The standard InChI is InChI=1S/C30H37N3O4S/c1-5-20-31-30(35)27(6-2)32(21-25-15-9-7-10-16-25)29(34)22-33(28-19-13-14-23(3)24(28)4)38(36,37)26-17-11-8-12-18-26/h7-19,27H,5-6,20-22H2,1-4H3,(H,31,35). The number of hydrogen-bond donors (Lipinski definition) is 1. The van der Waals surface area contributed by atoms with Crippen LogP contribution in [0.25, 0.3) is 0 Å². The fourth-order valence-corrected chi connectivity index (χ4v) is 5.80. The second kappa shape index (κ2) is 13.2. The van der Waals surface area contributed by atoms with Crippen molar-refractivity contribution in [2.45, 2.75) is 58.0 Å². The number of nitrogens with zero attached hydrogens (tertiary/aromatic N) is 2. The van der Waals surface area contributed by atoms with Gasteiger partial charge in [-0.1, -0.05) is 74.5 Å². The lowest BCUT2D eigenvalue weighted by molar-refractivity contribution is -0.140. The Hall–Kier alpha value is -3.65. The topological polar surface area (TPSA) is 86.8 Å². The van der Waals surface area contributed by atoms with Gasteiger partial charge < -0.3 is 10.2 Å².